The number of benzene rings is 2. The van der Waals surface area contributed by atoms with Crippen molar-refractivity contribution in [1.82, 2.24) is 5.32 Å². The first-order valence-corrected chi connectivity index (χ1v) is 10.6. The lowest BCUT2D eigenvalue weighted by Gasteiger charge is -2.24. The number of hydrogen-bond acceptors (Lipinski definition) is 11. The van der Waals surface area contributed by atoms with Gasteiger partial charge in [0, 0.05) is 5.56 Å². The standard InChI is InChI=1S/C23H29NO11/c25-9-15(27)18(30)17(29)13-5-1-11(2-6-13)12-3-7-14(8-4-12)22(34)24-23(35)21(33)20(32)19(31)16(28)10-26/h1-8,15-21,25-33H,9-10H2,(H,24,34,35)/t15-,16-,17?,18+,19-,20+,21-/m1/s1. The maximum atomic E-state index is 12.3. The summed E-state index contributed by atoms with van der Waals surface area (Å²) in [5.74, 6) is -2.22. The highest BCUT2D eigenvalue weighted by atomic mass is 16.4. The first-order valence-electron chi connectivity index (χ1n) is 10.6. The molecule has 2 aromatic carbocycles. The minimum absolute atomic E-state index is 0.0351. The van der Waals surface area contributed by atoms with Crippen LogP contribution in [0.2, 0.25) is 0 Å². The molecule has 10 N–H and O–H groups in total. The predicted octanol–water partition coefficient (Wildman–Crippen LogP) is -3.21. The van der Waals surface area contributed by atoms with Crippen LogP contribution in [0.5, 0.6) is 0 Å². The van der Waals surface area contributed by atoms with E-state index in [1.807, 2.05) is 5.32 Å². The second-order valence-corrected chi connectivity index (χ2v) is 7.88. The highest BCUT2D eigenvalue weighted by Crippen LogP contribution is 2.25. The highest BCUT2D eigenvalue weighted by Gasteiger charge is 2.34. The second-order valence-electron chi connectivity index (χ2n) is 7.88. The van der Waals surface area contributed by atoms with E-state index in [1.54, 1.807) is 24.3 Å². The molecular formula is C23H29NO11. The van der Waals surface area contributed by atoms with Crippen molar-refractivity contribution >= 4 is 11.8 Å². The van der Waals surface area contributed by atoms with Gasteiger partial charge in [0.25, 0.3) is 11.8 Å². The number of aliphatic hydroxyl groups is 9. The molecule has 12 heteroatoms. The van der Waals surface area contributed by atoms with Crippen LogP contribution in [-0.2, 0) is 4.79 Å². The smallest absolute Gasteiger partial charge is 0.258 e. The summed E-state index contributed by atoms with van der Waals surface area (Å²) in [5, 5.41) is 87.3. The molecule has 0 radical (unpaired) electrons. The Kier molecular flexibility index (Phi) is 10.4. The van der Waals surface area contributed by atoms with Crippen LogP contribution in [0.3, 0.4) is 0 Å². The number of aliphatic hydroxyl groups excluding tert-OH is 9. The summed E-state index contributed by atoms with van der Waals surface area (Å²) in [5.41, 5.74) is 1.67. The van der Waals surface area contributed by atoms with E-state index >= 15 is 0 Å². The predicted molar refractivity (Wildman–Crippen MR) is 120 cm³/mol. The number of imide groups is 1. The average molecular weight is 495 g/mol. The summed E-state index contributed by atoms with van der Waals surface area (Å²) >= 11 is 0. The van der Waals surface area contributed by atoms with Crippen LogP contribution in [0.4, 0.5) is 0 Å². The van der Waals surface area contributed by atoms with Crippen molar-refractivity contribution in [3.8, 4) is 11.1 Å². The normalized spacial score (nSPS) is 17.5. The molecule has 0 aromatic heterocycles. The molecule has 2 amide bonds. The summed E-state index contributed by atoms with van der Waals surface area (Å²) < 4.78 is 0. The largest absolute Gasteiger partial charge is 0.394 e. The number of nitrogens with one attached hydrogen (secondary N) is 1. The number of hydrogen-bond donors (Lipinski definition) is 10. The molecule has 2 rings (SSSR count). The Hall–Kier alpha value is -2.78. The zero-order chi connectivity index (χ0) is 26.3. The van der Waals surface area contributed by atoms with E-state index in [4.69, 9.17) is 10.2 Å². The Labute approximate surface area is 200 Å². The Morgan fingerprint density at radius 3 is 1.60 bits per heavy atom. The van der Waals surface area contributed by atoms with Gasteiger partial charge in [0.2, 0.25) is 0 Å². The van der Waals surface area contributed by atoms with E-state index < -0.39 is 67.8 Å². The molecule has 192 valence electrons. The molecule has 0 spiro atoms. The molecule has 0 bridgehead atoms. The van der Waals surface area contributed by atoms with Crippen LogP contribution in [0, 0.1) is 0 Å². The first-order chi connectivity index (χ1) is 16.5. The summed E-state index contributed by atoms with van der Waals surface area (Å²) in [6.45, 7) is -1.63. The fraction of sp³-hybridized carbons (Fsp3) is 0.391. The van der Waals surface area contributed by atoms with Gasteiger partial charge in [-0.3, -0.25) is 14.9 Å². The second kappa shape index (κ2) is 12.8. The van der Waals surface area contributed by atoms with Crippen LogP contribution in [0.1, 0.15) is 22.0 Å². The molecule has 1 unspecified atom stereocenters. The topological polar surface area (TPSA) is 228 Å². The molecule has 0 saturated heterocycles. The van der Waals surface area contributed by atoms with E-state index in [0.717, 1.165) is 0 Å². The van der Waals surface area contributed by atoms with Gasteiger partial charge in [-0.15, -0.1) is 0 Å². The lowest BCUT2D eigenvalue weighted by Crippen LogP contribution is -2.52. The molecule has 0 aliphatic rings. The summed E-state index contributed by atoms with van der Waals surface area (Å²) in [7, 11) is 0. The SMILES string of the molecule is O=C(NC(=O)[C@H](O)[C@@H](O)[C@H](O)[C@H](O)CO)c1ccc(-c2ccc(C(O)[C@@H](O)[C@H](O)CO)cc2)cc1. The summed E-state index contributed by atoms with van der Waals surface area (Å²) in [6.07, 6.45) is -12.7. The lowest BCUT2D eigenvalue weighted by molar-refractivity contribution is -0.148. The summed E-state index contributed by atoms with van der Waals surface area (Å²) in [6, 6.07) is 12.2. The van der Waals surface area contributed by atoms with Gasteiger partial charge in [0.1, 0.15) is 36.6 Å². The molecule has 0 heterocycles. The molecular weight excluding hydrogens is 466 g/mol. The van der Waals surface area contributed by atoms with E-state index in [-0.39, 0.29) is 5.56 Å². The molecule has 0 aliphatic heterocycles. The fourth-order valence-electron chi connectivity index (χ4n) is 3.14. The third kappa shape index (κ3) is 7.11. The Morgan fingerprint density at radius 2 is 1.11 bits per heavy atom. The van der Waals surface area contributed by atoms with Gasteiger partial charge in [-0.25, -0.2) is 0 Å². The number of amides is 2. The first kappa shape index (κ1) is 28.5. The van der Waals surface area contributed by atoms with Crippen molar-refractivity contribution in [2.24, 2.45) is 0 Å². The van der Waals surface area contributed by atoms with Crippen molar-refractivity contribution in [3.63, 3.8) is 0 Å². The molecule has 0 aliphatic carbocycles. The van der Waals surface area contributed by atoms with Crippen LogP contribution in [0.15, 0.2) is 48.5 Å². The van der Waals surface area contributed by atoms with Crippen LogP contribution >= 0.6 is 0 Å². The third-order valence-corrected chi connectivity index (χ3v) is 5.40. The van der Waals surface area contributed by atoms with E-state index in [2.05, 4.69) is 0 Å². The van der Waals surface area contributed by atoms with Crippen molar-refractivity contribution < 1.29 is 55.5 Å². The van der Waals surface area contributed by atoms with Crippen molar-refractivity contribution in [1.29, 1.82) is 0 Å². The van der Waals surface area contributed by atoms with Crippen LogP contribution < -0.4 is 5.32 Å². The molecule has 12 nitrogen and oxygen atoms in total. The van der Waals surface area contributed by atoms with Crippen LogP contribution in [0.25, 0.3) is 11.1 Å². The lowest BCUT2D eigenvalue weighted by atomic mass is 9.97. The monoisotopic (exact) mass is 495 g/mol. The maximum Gasteiger partial charge on any atom is 0.258 e. The van der Waals surface area contributed by atoms with Crippen molar-refractivity contribution in [2.75, 3.05) is 13.2 Å². The number of rotatable bonds is 11. The van der Waals surface area contributed by atoms with Gasteiger partial charge in [-0.2, -0.15) is 0 Å². The third-order valence-electron chi connectivity index (χ3n) is 5.40. The summed E-state index contributed by atoms with van der Waals surface area (Å²) in [4.78, 5) is 24.3. The molecule has 0 saturated carbocycles. The van der Waals surface area contributed by atoms with E-state index in [1.165, 1.54) is 24.3 Å². The van der Waals surface area contributed by atoms with E-state index in [0.29, 0.717) is 16.7 Å². The fourth-order valence-corrected chi connectivity index (χ4v) is 3.14. The van der Waals surface area contributed by atoms with Crippen LogP contribution in [-0.4, -0.2) is 108 Å². The number of carbonyl (C=O) groups is 2. The average Bonchev–Trinajstić information content (AvgIpc) is 2.89. The minimum atomic E-state index is -2.25. The minimum Gasteiger partial charge on any atom is -0.394 e. The Balaban J connectivity index is 2.03. The molecule has 35 heavy (non-hydrogen) atoms. The zero-order valence-electron chi connectivity index (χ0n) is 18.4. The van der Waals surface area contributed by atoms with Crippen molar-refractivity contribution in [3.05, 3.63) is 59.7 Å². The zero-order valence-corrected chi connectivity index (χ0v) is 18.4. The molecule has 7 atom stereocenters. The van der Waals surface area contributed by atoms with Gasteiger partial charge >= 0.3 is 0 Å². The Bertz CT molecular complexity index is 966. The maximum absolute atomic E-state index is 12.3. The highest BCUT2D eigenvalue weighted by molar-refractivity contribution is 6.06. The Morgan fingerprint density at radius 1 is 0.657 bits per heavy atom. The quantitative estimate of drug-likeness (QED) is 0.149. The van der Waals surface area contributed by atoms with Gasteiger partial charge in [-0.1, -0.05) is 36.4 Å². The molecule has 2 aromatic rings. The number of carbonyl (C=O) groups excluding carboxylic acids is 2. The van der Waals surface area contributed by atoms with Gasteiger partial charge < -0.3 is 46.0 Å². The molecule has 0 fully saturated rings. The van der Waals surface area contributed by atoms with E-state index in [9.17, 15) is 45.3 Å². The van der Waals surface area contributed by atoms with Gasteiger partial charge in [0.05, 0.1) is 13.2 Å². The van der Waals surface area contributed by atoms with Gasteiger partial charge in [-0.05, 0) is 28.8 Å². The van der Waals surface area contributed by atoms with Gasteiger partial charge in [0.15, 0.2) is 6.10 Å². The van der Waals surface area contributed by atoms with Crippen molar-refractivity contribution in [2.45, 2.75) is 42.7 Å².